The van der Waals surface area contributed by atoms with E-state index in [9.17, 15) is 4.39 Å². The Morgan fingerprint density at radius 1 is 1.37 bits per heavy atom. The molecule has 1 heterocycles. The Hall–Kier alpha value is -1.75. The number of nitrogens with two attached hydrogens (primary N) is 1. The maximum atomic E-state index is 13.1. The van der Waals surface area contributed by atoms with Gasteiger partial charge in [-0.25, -0.2) is 4.39 Å². The van der Waals surface area contributed by atoms with Crippen LogP contribution in [0.15, 0.2) is 28.8 Å². The van der Waals surface area contributed by atoms with Crippen LogP contribution >= 0.6 is 0 Å². The van der Waals surface area contributed by atoms with Crippen molar-refractivity contribution in [3.05, 3.63) is 47.4 Å². The van der Waals surface area contributed by atoms with Crippen LogP contribution in [0, 0.1) is 5.82 Å². The summed E-state index contributed by atoms with van der Waals surface area (Å²) in [4.78, 5) is 4.40. The van der Waals surface area contributed by atoms with E-state index in [2.05, 4.69) is 10.1 Å². The first-order valence-electron chi connectivity index (χ1n) is 6.53. The molecule has 5 heteroatoms. The lowest BCUT2D eigenvalue weighted by atomic mass is 10.1. The van der Waals surface area contributed by atoms with E-state index >= 15 is 0 Å². The molecule has 1 aliphatic carbocycles. The van der Waals surface area contributed by atoms with E-state index in [0.717, 1.165) is 24.8 Å². The van der Waals surface area contributed by atoms with Crippen molar-refractivity contribution in [2.75, 3.05) is 0 Å². The molecule has 0 aliphatic heterocycles. The van der Waals surface area contributed by atoms with Gasteiger partial charge in [0, 0.05) is 18.4 Å². The van der Waals surface area contributed by atoms with E-state index in [1.807, 2.05) is 6.07 Å². The summed E-state index contributed by atoms with van der Waals surface area (Å²) in [5.41, 5.74) is 6.72. The SMILES string of the molecule is N[C@H]1CC[C@@H](c2nc(Cc3cccc(F)c3)no2)C1. The van der Waals surface area contributed by atoms with Crippen LogP contribution in [0.25, 0.3) is 0 Å². The molecule has 2 N–H and O–H groups in total. The van der Waals surface area contributed by atoms with Crippen LogP contribution in [0.5, 0.6) is 0 Å². The highest BCUT2D eigenvalue weighted by Crippen LogP contribution is 2.32. The van der Waals surface area contributed by atoms with Crippen LogP contribution in [-0.2, 0) is 6.42 Å². The molecule has 0 spiro atoms. The lowest BCUT2D eigenvalue weighted by Crippen LogP contribution is -2.14. The Morgan fingerprint density at radius 2 is 2.26 bits per heavy atom. The van der Waals surface area contributed by atoms with Gasteiger partial charge in [-0.1, -0.05) is 17.3 Å². The number of nitrogens with zero attached hydrogens (tertiary/aromatic N) is 2. The summed E-state index contributed by atoms with van der Waals surface area (Å²) in [6, 6.07) is 6.68. The normalized spacial score (nSPS) is 22.8. The molecular formula is C14H16FN3O. The highest BCUT2D eigenvalue weighted by atomic mass is 19.1. The zero-order chi connectivity index (χ0) is 13.2. The van der Waals surface area contributed by atoms with E-state index in [1.54, 1.807) is 6.07 Å². The standard InChI is InChI=1S/C14H16FN3O/c15-11-3-1-2-9(6-11)7-13-17-14(19-18-13)10-4-5-12(16)8-10/h1-3,6,10,12H,4-5,7-8,16H2/t10-,12+/m1/s1. The third-order valence-electron chi connectivity index (χ3n) is 3.56. The minimum atomic E-state index is -0.247. The smallest absolute Gasteiger partial charge is 0.229 e. The largest absolute Gasteiger partial charge is 0.339 e. The third kappa shape index (κ3) is 2.81. The molecule has 3 rings (SSSR count). The molecule has 4 nitrogen and oxygen atoms in total. The Balaban J connectivity index is 1.71. The zero-order valence-corrected chi connectivity index (χ0v) is 10.6. The van der Waals surface area contributed by atoms with Gasteiger partial charge >= 0.3 is 0 Å². The molecule has 1 aromatic carbocycles. The predicted molar refractivity (Wildman–Crippen MR) is 68.1 cm³/mol. The summed E-state index contributed by atoms with van der Waals surface area (Å²) < 4.78 is 18.4. The molecule has 2 aromatic rings. The summed E-state index contributed by atoms with van der Waals surface area (Å²) in [7, 11) is 0. The first-order valence-corrected chi connectivity index (χ1v) is 6.53. The van der Waals surface area contributed by atoms with Crippen LogP contribution in [0.4, 0.5) is 4.39 Å². The number of halogens is 1. The van der Waals surface area contributed by atoms with Crippen molar-refractivity contribution >= 4 is 0 Å². The van der Waals surface area contributed by atoms with Crippen LogP contribution in [0.1, 0.15) is 42.5 Å². The van der Waals surface area contributed by atoms with Crippen molar-refractivity contribution in [3.63, 3.8) is 0 Å². The average molecular weight is 261 g/mol. The van der Waals surface area contributed by atoms with Gasteiger partial charge in [0.25, 0.3) is 0 Å². The summed E-state index contributed by atoms with van der Waals surface area (Å²) in [6.07, 6.45) is 3.40. The number of aromatic nitrogens is 2. The molecule has 0 unspecified atom stereocenters. The van der Waals surface area contributed by atoms with Crippen LogP contribution in [0.2, 0.25) is 0 Å². The fraction of sp³-hybridized carbons (Fsp3) is 0.429. The van der Waals surface area contributed by atoms with Crippen molar-refractivity contribution in [1.82, 2.24) is 10.1 Å². The molecule has 100 valence electrons. The Bertz CT molecular complexity index is 569. The van der Waals surface area contributed by atoms with Crippen molar-refractivity contribution in [2.45, 2.75) is 37.6 Å². The highest BCUT2D eigenvalue weighted by Gasteiger charge is 2.27. The molecule has 0 bridgehead atoms. The predicted octanol–water partition coefficient (Wildman–Crippen LogP) is 2.39. The van der Waals surface area contributed by atoms with E-state index < -0.39 is 0 Å². The number of benzene rings is 1. The first-order chi connectivity index (χ1) is 9.20. The van der Waals surface area contributed by atoms with Crippen LogP contribution < -0.4 is 5.73 Å². The topological polar surface area (TPSA) is 64.9 Å². The average Bonchev–Trinajstić information content (AvgIpc) is 2.98. The fourth-order valence-corrected chi connectivity index (χ4v) is 2.58. The van der Waals surface area contributed by atoms with Gasteiger partial charge in [-0.05, 0) is 37.0 Å². The summed E-state index contributed by atoms with van der Waals surface area (Å²) in [5, 5.41) is 3.96. The van der Waals surface area contributed by atoms with Gasteiger partial charge in [-0.2, -0.15) is 4.98 Å². The van der Waals surface area contributed by atoms with Crippen LogP contribution in [0.3, 0.4) is 0 Å². The van der Waals surface area contributed by atoms with Crippen molar-refractivity contribution in [3.8, 4) is 0 Å². The lowest BCUT2D eigenvalue weighted by molar-refractivity contribution is 0.350. The summed E-state index contributed by atoms with van der Waals surface area (Å²) >= 11 is 0. The molecule has 0 amide bonds. The van der Waals surface area contributed by atoms with Crippen molar-refractivity contribution in [2.24, 2.45) is 5.73 Å². The molecule has 0 radical (unpaired) electrons. The van der Waals surface area contributed by atoms with Crippen molar-refractivity contribution < 1.29 is 8.91 Å². The van der Waals surface area contributed by atoms with E-state index in [4.69, 9.17) is 10.3 Å². The molecule has 0 saturated heterocycles. The molecule has 1 aromatic heterocycles. The second kappa shape index (κ2) is 5.09. The Labute approximate surface area is 110 Å². The Kier molecular flexibility index (Phi) is 3.29. The van der Waals surface area contributed by atoms with Crippen LogP contribution in [-0.4, -0.2) is 16.2 Å². The summed E-state index contributed by atoms with van der Waals surface area (Å²) in [6.45, 7) is 0. The van der Waals surface area contributed by atoms with E-state index in [-0.39, 0.29) is 17.8 Å². The van der Waals surface area contributed by atoms with Gasteiger partial charge in [0.15, 0.2) is 5.82 Å². The quantitative estimate of drug-likeness (QED) is 0.921. The number of hydrogen-bond donors (Lipinski definition) is 1. The van der Waals surface area contributed by atoms with Gasteiger partial charge in [0.05, 0.1) is 0 Å². The minimum absolute atomic E-state index is 0.239. The van der Waals surface area contributed by atoms with Gasteiger partial charge < -0.3 is 10.3 Å². The van der Waals surface area contributed by atoms with Gasteiger partial charge in [-0.3, -0.25) is 0 Å². The molecule has 1 fully saturated rings. The second-order valence-corrected chi connectivity index (χ2v) is 5.13. The maximum Gasteiger partial charge on any atom is 0.229 e. The molecule has 19 heavy (non-hydrogen) atoms. The lowest BCUT2D eigenvalue weighted by Gasteiger charge is -2.01. The first kappa shape index (κ1) is 12.3. The fourth-order valence-electron chi connectivity index (χ4n) is 2.58. The highest BCUT2D eigenvalue weighted by molar-refractivity contribution is 5.19. The van der Waals surface area contributed by atoms with E-state index in [0.29, 0.717) is 18.1 Å². The van der Waals surface area contributed by atoms with Gasteiger partial charge in [0.2, 0.25) is 5.89 Å². The van der Waals surface area contributed by atoms with Gasteiger partial charge in [-0.15, -0.1) is 0 Å². The molecular weight excluding hydrogens is 245 g/mol. The third-order valence-corrected chi connectivity index (χ3v) is 3.56. The molecule has 2 atom stereocenters. The molecule has 1 saturated carbocycles. The van der Waals surface area contributed by atoms with Crippen molar-refractivity contribution in [1.29, 1.82) is 0 Å². The summed E-state index contributed by atoms with van der Waals surface area (Å²) in [5.74, 6) is 1.30. The second-order valence-electron chi connectivity index (χ2n) is 5.13. The number of rotatable bonds is 3. The van der Waals surface area contributed by atoms with Gasteiger partial charge in [0.1, 0.15) is 5.82 Å². The minimum Gasteiger partial charge on any atom is -0.339 e. The zero-order valence-electron chi connectivity index (χ0n) is 10.6. The molecule has 1 aliphatic rings. The maximum absolute atomic E-state index is 13.1. The monoisotopic (exact) mass is 261 g/mol. The number of hydrogen-bond acceptors (Lipinski definition) is 4. The van der Waals surface area contributed by atoms with E-state index in [1.165, 1.54) is 12.1 Å². The Morgan fingerprint density at radius 3 is 3.00 bits per heavy atom.